The van der Waals surface area contributed by atoms with Gasteiger partial charge < -0.3 is 10.6 Å². The molecule has 0 radical (unpaired) electrons. The van der Waals surface area contributed by atoms with E-state index in [4.69, 9.17) is 0 Å². The first kappa shape index (κ1) is 17.3. The first-order chi connectivity index (χ1) is 10.9. The molecule has 0 aliphatic rings. The number of nitrogens with one attached hydrogen (secondary N) is 2. The highest BCUT2D eigenvalue weighted by molar-refractivity contribution is 7.10. The molecule has 1 heterocycles. The predicted molar refractivity (Wildman–Crippen MR) is 87.5 cm³/mol. The average molecular weight is 341 g/mol. The number of thiophene rings is 1. The molecule has 23 heavy (non-hydrogen) atoms. The topological polar surface area (TPSA) is 36.4 Å². The number of hydrogen-bond acceptors (Lipinski definition) is 2. The van der Waals surface area contributed by atoms with Gasteiger partial charge in [0.2, 0.25) is 0 Å². The highest BCUT2D eigenvalue weighted by atomic mass is 32.1. The Morgan fingerprint density at radius 1 is 1.09 bits per heavy atom. The van der Waals surface area contributed by atoms with E-state index in [1.54, 1.807) is 18.4 Å². The lowest BCUT2D eigenvalue weighted by molar-refractivity contribution is -0.137. The quantitative estimate of drug-likeness (QED) is 0.653. The second kappa shape index (κ2) is 7.50. The van der Waals surface area contributed by atoms with Crippen molar-refractivity contribution >= 4 is 17.3 Å². The van der Waals surface area contributed by atoms with Crippen LogP contribution in [0.4, 0.5) is 13.2 Å². The van der Waals surface area contributed by atoms with Gasteiger partial charge in [0.15, 0.2) is 5.96 Å². The number of hydrogen-bond donors (Lipinski definition) is 2. The minimum absolute atomic E-state index is 0.404. The zero-order valence-corrected chi connectivity index (χ0v) is 13.7. The summed E-state index contributed by atoms with van der Waals surface area (Å²) in [5.74, 6) is 0.609. The third-order valence-corrected chi connectivity index (χ3v) is 4.37. The number of rotatable bonds is 4. The Hall–Kier alpha value is -2.02. The molecule has 0 aliphatic heterocycles. The molecule has 0 bridgehead atoms. The maximum absolute atomic E-state index is 12.5. The number of guanidine groups is 1. The normalized spacial score (nSPS) is 12.3. The van der Waals surface area contributed by atoms with Crippen molar-refractivity contribution in [2.24, 2.45) is 4.99 Å². The molecule has 0 amide bonds. The monoisotopic (exact) mass is 341 g/mol. The molecule has 1 aromatic heterocycles. The van der Waals surface area contributed by atoms with Gasteiger partial charge in [0, 0.05) is 18.5 Å². The smallest absolute Gasteiger partial charge is 0.352 e. The molecule has 0 atom stereocenters. The zero-order valence-electron chi connectivity index (χ0n) is 12.9. The predicted octanol–water partition coefficient (Wildman–Crippen LogP) is 3.94. The summed E-state index contributed by atoms with van der Waals surface area (Å²) >= 11 is 1.67. The van der Waals surface area contributed by atoms with E-state index in [2.05, 4.69) is 21.7 Å². The standard InChI is InChI=1S/C16H18F3N3S/c1-11-7-8-23-14(11)10-22-15(20-2)21-9-12-3-5-13(6-4-12)16(17,18)19/h3-8H,9-10H2,1-2H3,(H2,20,21,22). The van der Waals surface area contributed by atoms with Crippen molar-refractivity contribution < 1.29 is 13.2 Å². The van der Waals surface area contributed by atoms with Crippen LogP contribution in [0.1, 0.15) is 21.6 Å². The lowest BCUT2D eigenvalue weighted by Gasteiger charge is -2.12. The molecule has 0 fully saturated rings. The van der Waals surface area contributed by atoms with Crippen LogP contribution in [0.5, 0.6) is 0 Å². The van der Waals surface area contributed by atoms with Crippen molar-refractivity contribution in [3.8, 4) is 0 Å². The molecule has 7 heteroatoms. The Labute approximate surface area is 137 Å². The molecule has 3 nitrogen and oxygen atoms in total. The Morgan fingerprint density at radius 3 is 2.26 bits per heavy atom. The summed E-state index contributed by atoms with van der Waals surface area (Å²) in [5, 5.41) is 8.31. The first-order valence-corrected chi connectivity index (χ1v) is 7.91. The summed E-state index contributed by atoms with van der Waals surface area (Å²) in [5.41, 5.74) is 1.34. The maximum Gasteiger partial charge on any atom is 0.416 e. The summed E-state index contributed by atoms with van der Waals surface area (Å²) in [6.07, 6.45) is -4.30. The number of nitrogens with zero attached hydrogens (tertiary/aromatic N) is 1. The van der Waals surface area contributed by atoms with Crippen molar-refractivity contribution in [2.75, 3.05) is 7.05 Å². The van der Waals surface area contributed by atoms with E-state index in [1.165, 1.54) is 22.6 Å². The number of benzene rings is 1. The van der Waals surface area contributed by atoms with E-state index in [0.717, 1.165) is 17.7 Å². The molecule has 0 aliphatic carbocycles. The Balaban J connectivity index is 1.87. The molecule has 0 saturated heterocycles. The van der Waals surface area contributed by atoms with E-state index < -0.39 is 11.7 Å². The Bertz CT molecular complexity index is 660. The third kappa shape index (κ3) is 4.99. The molecular formula is C16H18F3N3S. The first-order valence-electron chi connectivity index (χ1n) is 7.04. The van der Waals surface area contributed by atoms with E-state index in [9.17, 15) is 13.2 Å². The largest absolute Gasteiger partial charge is 0.416 e. The second-order valence-corrected chi connectivity index (χ2v) is 6.00. The molecule has 2 rings (SSSR count). The van der Waals surface area contributed by atoms with Crippen LogP contribution in [0.15, 0.2) is 40.7 Å². The van der Waals surface area contributed by atoms with Crippen LogP contribution >= 0.6 is 11.3 Å². The van der Waals surface area contributed by atoms with Gasteiger partial charge in [0.05, 0.1) is 12.1 Å². The average Bonchev–Trinajstić information content (AvgIpc) is 2.92. The summed E-state index contributed by atoms with van der Waals surface area (Å²) in [4.78, 5) is 5.33. The molecule has 1 aromatic carbocycles. The van der Waals surface area contributed by atoms with Gasteiger partial charge >= 0.3 is 6.18 Å². The fourth-order valence-corrected chi connectivity index (χ4v) is 2.81. The number of alkyl halides is 3. The SMILES string of the molecule is CN=C(NCc1ccc(C(F)(F)F)cc1)NCc1sccc1C. The van der Waals surface area contributed by atoms with Crippen molar-refractivity contribution in [3.05, 3.63) is 57.3 Å². The van der Waals surface area contributed by atoms with Crippen LogP contribution in [0.3, 0.4) is 0 Å². The zero-order chi connectivity index (χ0) is 16.9. The highest BCUT2D eigenvalue weighted by Gasteiger charge is 2.29. The van der Waals surface area contributed by atoms with Gasteiger partial charge in [-0.05, 0) is 41.6 Å². The molecule has 2 aromatic rings. The van der Waals surface area contributed by atoms with Gasteiger partial charge in [-0.25, -0.2) is 0 Å². The molecular weight excluding hydrogens is 323 g/mol. The number of aliphatic imine (C=N–C) groups is 1. The summed E-state index contributed by atoms with van der Waals surface area (Å²) in [7, 11) is 1.66. The second-order valence-electron chi connectivity index (χ2n) is 5.00. The third-order valence-electron chi connectivity index (χ3n) is 3.35. The van der Waals surface area contributed by atoms with Crippen molar-refractivity contribution in [1.29, 1.82) is 0 Å². The van der Waals surface area contributed by atoms with Crippen molar-refractivity contribution in [3.63, 3.8) is 0 Å². The minimum Gasteiger partial charge on any atom is -0.352 e. The highest BCUT2D eigenvalue weighted by Crippen LogP contribution is 2.29. The molecule has 0 unspecified atom stereocenters. The van der Waals surface area contributed by atoms with E-state index in [0.29, 0.717) is 19.0 Å². The summed E-state index contributed by atoms with van der Waals surface area (Å²) < 4.78 is 37.5. The van der Waals surface area contributed by atoms with E-state index >= 15 is 0 Å². The number of halogens is 3. The fourth-order valence-electron chi connectivity index (χ4n) is 1.97. The Morgan fingerprint density at radius 2 is 1.74 bits per heavy atom. The lowest BCUT2D eigenvalue weighted by Crippen LogP contribution is -2.36. The van der Waals surface area contributed by atoms with Gasteiger partial charge in [-0.15, -0.1) is 11.3 Å². The van der Waals surface area contributed by atoms with Crippen LogP contribution in [-0.2, 0) is 19.3 Å². The van der Waals surface area contributed by atoms with Gasteiger partial charge in [-0.1, -0.05) is 12.1 Å². The minimum atomic E-state index is -4.30. The molecule has 0 spiro atoms. The lowest BCUT2D eigenvalue weighted by atomic mass is 10.1. The van der Waals surface area contributed by atoms with Crippen LogP contribution in [0.2, 0.25) is 0 Å². The van der Waals surface area contributed by atoms with Crippen LogP contribution in [0.25, 0.3) is 0 Å². The van der Waals surface area contributed by atoms with Crippen LogP contribution in [-0.4, -0.2) is 13.0 Å². The molecule has 124 valence electrons. The van der Waals surface area contributed by atoms with Crippen LogP contribution < -0.4 is 10.6 Å². The summed E-state index contributed by atoms with van der Waals surface area (Å²) in [6.45, 7) is 3.11. The number of aryl methyl sites for hydroxylation is 1. The molecule has 2 N–H and O–H groups in total. The summed E-state index contributed by atoms with van der Waals surface area (Å²) in [6, 6.07) is 7.16. The van der Waals surface area contributed by atoms with E-state index in [1.807, 2.05) is 12.3 Å². The molecule has 0 saturated carbocycles. The fraction of sp³-hybridized carbons (Fsp3) is 0.312. The van der Waals surface area contributed by atoms with Crippen molar-refractivity contribution in [2.45, 2.75) is 26.2 Å². The van der Waals surface area contributed by atoms with Gasteiger partial charge in [0.25, 0.3) is 0 Å². The van der Waals surface area contributed by atoms with Gasteiger partial charge in [-0.3, -0.25) is 4.99 Å². The van der Waals surface area contributed by atoms with Gasteiger partial charge in [-0.2, -0.15) is 13.2 Å². The van der Waals surface area contributed by atoms with E-state index in [-0.39, 0.29) is 0 Å². The van der Waals surface area contributed by atoms with Gasteiger partial charge in [0.1, 0.15) is 0 Å². The van der Waals surface area contributed by atoms with Crippen LogP contribution in [0, 0.1) is 6.92 Å². The van der Waals surface area contributed by atoms with Crippen molar-refractivity contribution in [1.82, 2.24) is 10.6 Å². The maximum atomic E-state index is 12.5. The Kier molecular flexibility index (Phi) is 5.65.